The molecule has 136 valence electrons. The van der Waals surface area contributed by atoms with Crippen LogP contribution in [-0.2, 0) is 13.0 Å². The van der Waals surface area contributed by atoms with Gasteiger partial charge in [-0.25, -0.2) is 9.97 Å². The lowest BCUT2D eigenvalue weighted by atomic mass is 10.0. The number of primary amides is 1. The molecule has 0 spiro atoms. The van der Waals surface area contributed by atoms with Gasteiger partial charge in [-0.15, -0.1) is 0 Å². The number of fused-ring (bicyclic) bond motifs is 1. The second-order valence-corrected chi connectivity index (χ2v) is 6.87. The number of hydrogen-bond donors (Lipinski definition) is 3. The Balaban J connectivity index is 1.64. The number of rotatable bonds is 4. The monoisotopic (exact) mass is 352 g/mol. The Hall–Kier alpha value is -2.67. The van der Waals surface area contributed by atoms with Crippen LogP contribution in [-0.4, -0.2) is 35.5 Å². The van der Waals surface area contributed by atoms with Crippen LogP contribution < -0.4 is 21.3 Å². The van der Waals surface area contributed by atoms with Gasteiger partial charge in [0.25, 0.3) is 5.91 Å². The van der Waals surface area contributed by atoms with Gasteiger partial charge in [0.1, 0.15) is 5.82 Å². The maximum Gasteiger partial charge on any atom is 0.271 e. The molecule has 4 rings (SSSR count). The molecule has 1 aromatic heterocycles. The molecule has 2 aromatic rings. The van der Waals surface area contributed by atoms with Crippen molar-refractivity contribution in [2.24, 2.45) is 5.73 Å². The lowest BCUT2D eigenvalue weighted by Crippen LogP contribution is -2.31. The molecular formula is C19H24N6O. The van der Waals surface area contributed by atoms with Crippen molar-refractivity contribution >= 4 is 23.2 Å². The molecule has 7 heteroatoms. The van der Waals surface area contributed by atoms with Gasteiger partial charge in [0, 0.05) is 25.3 Å². The van der Waals surface area contributed by atoms with E-state index in [0.29, 0.717) is 5.82 Å². The molecular weight excluding hydrogens is 328 g/mol. The van der Waals surface area contributed by atoms with Crippen LogP contribution in [0.1, 0.15) is 40.9 Å². The molecule has 0 bridgehead atoms. The summed E-state index contributed by atoms with van der Waals surface area (Å²) in [5.41, 5.74) is 9.18. The molecule has 0 saturated carbocycles. The largest absolute Gasteiger partial charge is 0.364 e. The number of carbonyl (C=O) groups is 1. The number of aromatic nitrogens is 2. The smallest absolute Gasteiger partial charge is 0.271 e. The minimum absolute atomic E-state index is 0.168. The number of piperidine rings is 1. The molecule has 1 fully saturated rings. The quantitative estimate of drug-likeness (QED) is 0.778. The Bertz CT molecular complexity index is 816. The van der Waals surface area contributed by atoms with Crippen molar-refractivity contribution in [3.63, 3.8) is 0 Å². The van der Waals surface area contributed by atoms with E-state index in [1.165, 1.54) is 17.5 Å². The summed E-state index contributed by atoms with van der Waals surface area (Å²) in [6.07, 6.45) is 6.23. The van der Waals surface area contributed by atoms with Crippen molar-refractivity contribution in [2.45, 2.75) is 32.2 Å². The van der Waals surface area contributed by atoms with Crippen molar-refractivity contribution in [2.75, 3.05) is 29.9 Å². The van der Waals surface area contributed by atoms with E-state index in [2.05, 4.69) is 37.6 Å². The Morgan fingerprint density at radius 3 is 2.85 bits per heavy atom. The van der Waals surface area contributed by atoms with Gasteiger partial charge < -0.3 is 21.3 Å². The molecule has 3 heterocycles. The fourth-order valence-corrected chi connectivity index (χ4v) is 3.62. The van der Waals surface area contributed by atoms with E-state index < -0.39 is 5.91 Å². The lowest BCUT2D eigenvalue weighted by Gasteiger charge is -2.28. The molecule has 1 aromatic carbocycles. The van der Waals surface area contributed by atoms with Gasteiger partial charge in [-0.05, 0) is 55.5 Å². The van der Waals surface area contributed by atoms with Crippen molar-refractivity contribution < 1.29 is 4.79 Å². The summed E-state index contributed by atoms with van der Waals surface area (Å²) in [5.74, 6) is 0.630. The topological polar surface area (TPSA) is 96.2 Å². The average molecular weight is 352 g/mol. The Morgan fingerprint density at radius 1 is 1.19 bits per heavy atom. The van der Waals surface area contributed by atoms with E-state index in [4.69, 9.17) is 5.73 Å². The van der Waals surface area contributed by atoms with E-state index in [9.17, 15) is 4.79 Å². The van der Waals surface area contributed by atoms with E-state index >= 15 is 0 Å². The summed E-state index contributed by atoms with van der Waals surface area (Å²) >= 11 is 0. The van der Waals surface area contributed by atoms with Crippen LogP contribution in [0.15, 0.2) is 24.4 Å². The summed E-state index contributed by atoms with van der Waals surface area (Å²) in [7, 11) is 0. The third-order valence-corrected chi connectivity index (χ3v) is 5.03. The van der Waals surface area contributed by atoms with Gasteiger partial charge in [-0.3, -0.25) is 4.79 Å². The van der Waals surface area contributed by atoms with Gasteiger partial charge in [-0.1, -0.05) is 6.07 Å². The van der Waals surface area contributed by atoms with Crippen LogP contribution in [0.4, 0.5) is 17.3 Å². The Morgan fingerprint density at radius 2 is 2.04 bits per heavy atom. The van der Waals surface area contributed by atoms with Gasteiger partial charge in [0.05, 0.1) is 6.20 Å². The number of anilines is 3. The molecule has 0 unspecified atom stereocenters. The highest BCUT2D eigenvalue weighted by Gasteiger charge is 2.18. The lowest BCUT2D eigenvalue weighted by molar-refractivity contribution is 0.0996. The van der Waals surface area contributed by atoms with Crippen LogP contribution >= 0.6 is 0 Å². The fraction of sp³-hybridized carbons (Fsp3) is 0.421. The zero-order chi connectivity index (χ0) is 17.9. The molecule has 26 heavy (non-hydrogen) atoms. The predicted molar refractivity (Wildman–Crippen MR) is 102 cm³/mol. The first-order valence-electron chi connectivity index (χ1n) is 9.22. The van der Waals surface area contributed by atoms with Gasteiger partial charge in [0.2, 0.25) is 0 Å². The third kappa shape index (κ3) is 3.48. The number of nitrogens with zero attached hydrogens (tertiary/aromatic N) is 3. The third-order valence-electron chi connectivity index (χ3n) is 5.03. The highest BCUT2D eigenvalue weighted by atomic mass is 16.1. The summed E-state index contributed by atoms with van der Waals surface area (Å²) < 4.78 is 0. The first kappa shape index (κ1) is 16.8. The van der Waals surface area contributed by atoms with E-state index in [-0.39, 0.29) is 5.69 Å². The molecule has 1 amide bonds. The molecule has 0 atom stereocenters. The molecule has 1 saturated heterocycles. The van der Waals surface area contributed by atoms with Crippen molar-refractivity contribution in [3.8, 4) is 0 Å². The predicted octanol–water partition coefficient (Wildman–Crippen LogP) is 1.96. The van der Waals surface area contributed by atoms with Crippen molar-refractivity contribution in [1.82, 2.24) is 15.3 Å². The highest BCUT2D eigenvalue weighted by Crippen LogP contribution is 2.25. The highest BCUT2D eigenvalue weighted by molar-refractivity contribution is 5.96. The average Bonchev–Trinajstić information content (AvgIpc) is 2.68. The number of nitrogens with two attached hydrogens (primary N) is 1. The minimum atomic E-state index is -0.579. The summed E-state index contributed by atoms with van der Waals surface area (Å²) in [6, 6.07) is 6.25. The van der Waals surface area contributed by atoms with Gasteiger partial charge >= 0.3 is 0 Å². The molecule has 7 nitrogen and oxygen atoms in total. The number of benzene rings is 1. The zero-order valence-electron chi connectivity index (χ0n) is 14.8. The van der Waals surface area contributed by atoms with Crippen LogP contribution in [0.2, 0.25) is 0 Å². The molecule has 0 radical (unpaired) electrons. The minimum Gasteiger partial charge on any atom is -0.364 e. The normalized spacial score (nSPS) is 16.8. The van der Waals surface area contributed by atoms with E-state index in [1.807, 2.05) is 6.07 Å². The van der Waals surface area contributed by atoms with Crippen LogP contribution in [0.5, 0.6) is 0 Å². The number of amides is 1. The SMILES string of the molecule is NC(=O)c1ncc(N2CCCCC2)nc1Nc1ccc2c(c1)CNCC2. The first-order valence-corrected chi connectivity index (χ1v) is 9.22. The second kappa shape index (κ2) is 7.29. The molecule has 0 aliphatic carbocycles. The maximum absolute atomic E-state index is 11.8. The zero-order valence-corrected chi connectivity index (χ0v) is 14.8. The second-order valence-electron chi connectivity index (χ2n) is 6.87. The van der Waals surface area contributed by atoms with E-state index in [1.54, 1.807) is 6.20 Å². The van der Waals surface area contributed by atoms with Gasteiger partial charge in [0.15, 0.2) is 11.5 Å². The summed E-state index contributed by atoms with van der Waals surface area (Å²) in [6.45, 7) is 3.80. The van der Waals surface area contributed by atoms with E-state index in [0.717, 1.165) is 56.9 Å². The molecule has 2 aliphatic rings. The maximum atomic E-state index is 11.8. The Labute approximate surface area is 153 Å². The summed E-state index contributed by atoms with van der Waals surface area (Å²) in [5, 5.41) is 6.63. The first-order chi connectivity index (χ1) is 12.7. The fourth-order valence-electron chi connectivity index (χ4n) is 3.62. The summed E-state index contributed by atoms with van der Waals surface area (Å²) in [4.78, 5) is 22.9. The van der Waals surface area contributed by atoms with Crippen LogP contribution in [0, 0.1) is 0 Å². The van der Waals surface area contributed by atoms with Gasteiger partial charge in [-0.2, -0.15) is 0 Å². The number of carbonyl (C=O) groups excluding carboxylic acids is 1. The number of nitrogens with one attached hydrogen (secondary N) is 2. The standard InChI is InChI=1S/C19H24N6O/c20-18(26)17-19(24-16(12-22-17)25-8-2-1-3-9-25)23-15-5-4-13-6-7-21-11-14(13)10-15/h4-5,10,12,21H,1-3,6-9,11H2,(H2,20,26)(H,23,24). The molecule has 4 N–H and O–H groups in total. The van der Waals surface area contributed by atoms with Crippen molar-refractivity contribution in [3.05, 3.63) is 41.2 Å². The van der Waals surface area contributed by atoms with Crippen LogP contribution in [0.3, 0.4) is 0 Å². The Kier molecular flexibility index (Phi) is 4.71. The van der Waals surface area contributed by atoms with Crippen LogP contribution in [0.25, 0.3) is 0 Å². The van der Waals surface area contributed by atoms with Crippen molar-refractivity contribution in [1.29, 1.82) is 0 Å². The number of hydrogen-bond acceptors (Lipinski definition) is 6. The molecule has 2 aliphatic heterocycles.